The second kappa shape index (κ2) is 14.7. The predicted octanol–water partition coefficient (Wildman–Crippen LogP) is 3.63. The third-order valence-corrected chi connectivity index (χ3v) is 10.9. The summed E-state index contributed by atoms with van der Waals surface area (Å²) in [4.78, 5) is 43.0. The first-order valence-electron chi connectivity index (χ1n) is 18.0. The number of methoxy groups -OCH3 is 2. The number of fused-ring (bicyclic) bond motifs is 3. The first-order valence-corrected chi connectivity index (χ1v) is 18.0. The van der Waals surface area contributed by atoms with E-state index in [0.29, 0.717) is 57.4 Å². The molecule has 2 aliphatic heterocycles. The van der Waals surface area contributed by atoms with E-state index in [4.69, 9.17) is 14.2 Å². The smallest absolute Gasteiger partial charge is 0.237 e. The Balaban J connectivity index is 1.02. The number of aromatic nitrogens is 4. The molecular weight excluding hydrogens is 648 g/mol. The number of ether oxygens (including phenoxy) is 3. The summed E-state index contributed by atoms with van der Waals surface area (Å²) in [5, 5.41) is 8.61. The number of anilines is 1. The van der Waals surface area contributed by atoms with Gasteiger partial charge in [-0.2, -0.15) is 5.10 Å². The van der Waals surface area contributed by atoms with E-state index >= 15 is 0 Å². The number of benzene rings is 2. The Morgan fingerprint density at radius 3 is 2.47 bits per heavy atom. The normalized spacial score (nSPS) is 20.4. The molecule has 1 spiro atoms. The van der Waals surface area contributed by atoms with Crippen LogP contribution in [0.4, 0.5) is 5.82 Å². The van der Waals surface area contributed by atoms with E-state index < -0.39 is 5.54 Å². The molecule has 1 aliphatic carbocycles. The topological polar surface area (TPSA) is 127 Å². The lowest BCUT2D eigenvalue weighted by Crippen LogP contribution is -2.57. The fraction of sp³-hybridized carbons (Fsp3) is 0.500. The van der Waals surface area contributed by atoms with Crippen molar-refractivity contribution in [3.8, 4) is 17.2 Å². The Labute approximate surface area is 298 Å². The summed E-state index contributed by atoms with van der Waals surface area (Å²) in [5.74, 6) is 3.24. The maximum atomic E-state index is 14.0. The van der Waals surface area contributed by atoms with Crippen molar-refractivity contribution in [1.82, 2.24) is 34.9 Å². The number of hydrogen-bond acceptors (Lipinski definition) is 10. The summed E-state index contributed by atoms with van der Waals surface area (Å²) < 4.78 is 18.9. The van der Waals surface area contributed by atoms with Gasteiger partial charge in [0.05, 0.1) is 51.0 Å². The second-order valence-corrected chi connectivity index (χ2v) is 13.6. The van der Waals surface area contributed by atoms with Crippen LogP contribution in [0.15, 0.2) is 48.9 Å². The number of hydrogen-bond donors (Lipinski definition) is 1. The molecule has 2 amide bonds. The molecule has 2 aromatic heterocycles. The van der Waals surface area contributed by atoms with Gasteiger partial charge in [0.25, 0.3) is 0 Å². The summed E-state index contributed by atoms with van der Waals surface area (Å²) in [6, 6.07) is 12.2. The third kappa shape index (κ3) is 6.55. The highest BCUT2D eigenvalue weighted by Gasteiger charge is 2.48. The molecule has 0 radical (unpaired) electrons. The minimum Gasteiger partial charge on any atom is -0.494 e. The van der Waals surface area contributed by atoms with Crippen LogP contribution in [-0.2, 0) is 28.1 Å². The van der Waals surface area contributed by atoms with Crippen molar-refractivity contribution in [2.45, 2.75) is 51.1 Å². The van der Waals surface area contributed by atoms with Gasteiger partial charge in [-0.1, -0.05) is 12.1 Å². The molecule has 2 fully saturated rings. The zero-order valence-corrected chi connectivity index (χ0v) is 30.1. The van der Waals surface area contributed by atoms with Gasteiger partial charge < -0.3 is 34.2 Å². The quantitative estimate of drug-likeness (QED) is 0.263. The number of nitrogens with one attached hydrogen (secondary N) is 1. The van der Waals surface area contributed by atoms with Gasteiger partial charge in [0.15, 0.2) is 17.1 Å². The highest BCUT2D eigenvalue weighted by atomic mass is 16.5. The molecule has 3 aliphatic rings. The van der Waals surface area contributed by atoms with Crippen molar-refractivity contribution in [1.29, 1.82) is 0 Å². The Morgan fingerprint density at radius 2 is 1.75 bits per heavy atom. The van der Waals surface area contributed by atoms with Crippen molar-refractivity contribution in [3.05, 3.63) is 65.6 Å². The van der Waals surface area contributed by atoms with Crippen molar-refractivity contribution < 1.29 is 23.8 Å². The number of carbonyl (C=O) groups is 2. The van der Waals surface area contributed by atoms with E-state index in [9.17, 15) is 9.59 Å². The van der Waals surface area contributed by atoms with Crippen LogP contribution in [0.2, 0.25) is 0 Å². The van der Waals surface area contributed by atoms with Gasteiger partial charge in [-0.25, -0.2) is 14.6 Å². The summed E-state index contributed by atoms with van der Waals surface area (Å²) in [6.45, 7) is 6.68. The molecule has 7 rings (SSSR count). The van der Waals surface area contributed by atoms with Crippen LogP contribution >= 0.6 is 0 Å². The molecule has 0 unspecified atom stereocenters. The first-order chi connectivity index (χ1) is 24.9. The summed E-state index contributed by atoms with van der Waals surface area (Å²) in [5.41, 5.74) is 3.68. The monoisotopic (exact) mass is 696 g/mol. The second-order valence-electron chi connectivity index (χ2n) is 13.6. The third-order valence-electron chi connectivity index (χ3n) is 10.9. The fourth-order valence-corrected chi connectivity index (χ4v) is 8.36. The zero-order chi connectivity index (χ0) is 35.5. The molecule has 0 atom stereocenters. The average Bonchev–Trinajstić information content (AvgIpc) is 3.57. The standard InChI is InChI=1S/C38H48N8O5/c1-5-51-29-8-6-7-26(19-29)24-46-36-30(22-42-46)35(40-25-41-36)43-15-17-44(18-16-43)37(48)27-9-12-38(13-10-27)31-21-33(50-4)32(49-3)20-28(31)11-14-45(38)34(47)23-39-2/h6-8,19-22,25,27,39H,5,9-18,23-24H2,1-4H3/t27-,38-. The highest BCUT2D eigenvalue weighted by molar-refractivity contribution is 5.87. The van der Waals surface area contributed by atoms with E-state index in [1.165, 1.54) is 5.56 Å². The van der Waals surface area contributed by atoms with Gasteiger partial charge in [-0.3, -0.25) is 9.59 Å². The van der Waals surface area contributed by atoms with Gasteiger partial charge in [-0.05, 0) is 87.0 Å². The molecule has 13 heteroatoms. The summed E-state index contributed by atoms with van der Waals surface area (Å²) in [7, 11) is 5.09. The molecule has 2 aromatic carbocycles. The molecule has 4 aromatic rings. The lowest BCUT2D eigenvalue weighted by atomic mass is 9.68. The lowest BCUT2D eigenvalue weighted by molar-refractivity contribution is -0.143. The number of piperazine rings is 1. The van der Waals surface area contributed by atoms with Crippen LogP contribution in [0, 0.1) is 5.92 Å². The van der Waals surface area contributed by atoms with E-state index in [1.807, 2.05) is 40.9 Å². The molecular formula is C38H48N8O5. The predicted molar refractivity (Wildman–Crippen MR) is 193 cm³/mol. The van der Waals surface area contributed by atoms with E-state index in [0.717, 1.165) is 65.8 Å². The number of carbonyl (C=O) groups excluding carboxylic acids is 2. The number of likely N-dealkylation sites (N-methyl/N-ethyl adjacent to an activating group) is 1. The van der Waals surface area contributed by atoms with Crippen LogP contribution in [-0.4, -0.2) is 109 Å². The van der Waals surface area contributed by atoms with Crippen LogP contribution < -0.4 is 24.4 Å². The minimum absolute atomic E-state index is 0.0824. The fourth-order valence-electron chi connectivity index (χ4n) is 8.36. The highest BCUT2D eigenvalue weighted by Crippen LogP contribution is 2.50. The minimum atomic E-state index is -0.481. The Kier molecular flexibility index (Phi) is 9.99. The van der Waals surface area contributed by atoms with Crippen LogP contribution in [0.25, 0.3) is 11.0 Å². The van der Waals surface area contributed by atoms with Gasteiger partial charge in [0.2, 0.25) is 11.8 Å². The number of amides is 2. The molecule has 1 saturated heterocycles. The molecule has 0 bridgehead atoms. The zero-order valence-electron chi connectivity index (χ0n) is 30.1. The van der Waals surface area contributed by atoms with Crippen molar-refractivity contribution in [3.63, 3.8) is 0 Å². The molecule has 1 saturated carbocycles. The lowest BCUT2D eigenvalue weighted by Gasteiger charge is -2.52. The van der Waals surface area contributed by atoms with Crippen LogP contribution in [0.5, 0.6) is 17.2 Å². The van der Waals surface area contributed by atoms with Crippen molar-refractivity contribution >= 4 is 28.7 Å². The number of nitrogens with zero attached hydrogens (tertiary/aromatic N) is 7. The summed E-state index contributed by atoms with van der Waals surface area (Å²) in [6.07, 6.45) is 7.07. The molecule has 270 valence electrons. The molecule has 51 heavy (non-hydrogen) atoms. The van der Waals surface area contributed by atoms with Crippen molar-refractivity contribution in [2.75, 3.05) is 72.0 Å². The van der Waals surface area contributed by atoms with Gasteiger partial charge in [-0.15, -0.1) is 0 Å². The Morgan fingerprint density at radius 1 is 0.980 bits per heavy atom. The largest absolute Gasteiger partial charge is 0.494 e. The van der Waals surface area contributed by atoms with Gasteiger partial charge in [0.1, 0.15) is 17.9 Å². The van der Waals surface area contributed by atoms with Crippen molar-refractivity contribution in [2.24, 2.45) is 5.92 Å². The number of rotatable bonds is 10. The Hall–Kier alpha value is -4.91. The molecule has 13 nitrogen and oxygen atoms in total. The van der Waals surface area contributed by atoms with E-state index in [-0.39, 0.29) is 24.3 Å². The van der Waals surface area contributed by atoms with Gasteiger partial charge in [0, 0.05) is 38.6 Å². The molecule has 1 N–H and O–H groups in total. The SMILES string of the molecule is CCOc1cccc(Cn2ncc3c(N4CCN(C(=O)[C@H]5CC[C@]6(CC5)c5cc(OC)c(OC)cc5CCN6C(=O)CNC)CC4)ncnc32)c1. The van der Waals surface area contributed by atoms with E-state index in [2.05, 4.69) is 48.4 Å². The first kappa shape index (κ1) is 34.5. The van der Waals surface area contributed by atoms with Crippen LogP contribution in [0.1, 0.15) is 49.3 Å². The molecule has 4 heterocycles. The van der Waals surface area contributed by atoms with Gasteiger partial charge >= 0.3 is 0 Å². The summed E-state index contributed by atoms with van der Waals surface area (Å²) >= 11 is 0. The van der Waals surface area contributed by atoms with E-state index in [1.54, 1.807) is 27.6 Å². The maximum Gasteiger partial charge on any atom is 0.237 e. The maximum absolute atomic E-state index is 14.0. The average molecular weight is 697 g/mol. The Bertz CT molecular complexity index is 1880. The van der Waals surface area contributed by atoms with Crippen LogP contribution in [0.3, 0.4) is 0 Å².